The number of halogens is 1. The van der Waals surface area contributed by atoms with Crippen LogP contribution in [-0.4, -0.2) is 22.8 Å². The third-order valence-electron chi connectivity index (χ3n) is 3.62. The fourth-order valence-electron chi connectivity index (χ4n) is 2.29. The van der Waals surface area contributed by atoms with Crippen molar-refractivity contribution in [1.29, 1.82) is 0 Å². The number of nitrogens with zero attached hydrogens (tertiary/aromatic N) is 1. The summed E-state index contributed by atoms with van der Waals surface area (Å²) in [6.45, 7) is 4.20. The Bertz CT molecular complexity index is 925. The average molecular weight is 389 g/mol. The molecule has 0 aromatic heterocycles. The lowest BCUT2D eigenvalue weighted by Crippen LogP contribution is -2.19. The van der Waals surface area contributed by atoms with Crippen LogP contribution in [0.5, 0.6) is 11.5 Å². The third kappa shape index (κ3) is 4.20. The summed E-state index contributed by atoms with van der Waals surface area (Å²) < 4.78 is 5.37. The monoisotopic (exact) mass is 388 g/mol. The van der Waals surface area contributed by atoms with Crippen LogP contribution < -0.4 is 10.1 Å². The summed E-state index contributed by atoms with van der Waals surface area (Å²) in [7, 11) is 0. The summed E-state index contributed by atoms with van der Waals surface area (Å²) in [4.78, 5) is 17.1. The van der Waals surface area contributed by atoms with Gasteiger partial charge in [-0.15, -0.1) is 0 Å². The molecule has 1 fully saturated rings. The van der Waals surface area contributed by atoms with Gasteiger partial charge in [-0.25, -0.2) is 4.99 Å². The van der Waals surface area contributed by atoms with Crippen molar-refractivity contribution in [3.8, 4) is 11.5 Å². The third-order valence-corrected chi connectivity index (χ3v) is 4.94. The van der Waals surface area contributed by atoms with Crippen LogP contribution in [0.1, 0.15) is 18.1 Å². The first-order chi connectivity index (χ1) is 12.5. The summed E-state index contributed by atoms with van der Waals surface area (Å²) >= 11 is 7.36. The van der Waals surface area contributed by atoms with Gasteiger partial charge in [0.1, 0.15) is 0 Å². The second kappa shape index (κ2) is 7.85. The molecule has 1 aliphatic heterocycles. The van der Waals surface area contributed by atoms with Gasteiger partial charge in [0, 0.05) is 5.02 Å². The van der Waals surface area contributed by atoms with Crippen LogP contribution in [0.3, 0.4) is 0 Å². The highest BCUT2D eigenvalue weighted by molar-refractivity contribution is 8.18. The van der Waals surface area contributed by atoms with Gasteiger partial charge in [-0.2, -0.15) is 0 Å². The Balaban J connectivity index is 1.83. The van der Waals surface area contributed by atoms with Gasteiger partial charge in [0.2, 0.25) is 0 Å². The first-order valence-electron chi connectivity index (χ1n) is 7.98. The number of aliphatic imine (C=N–C) groups is 1. The lowest BCUT2D eigenvalue weighted by atomic mass is 10.2. The van der Waals surface area contributed by atoms with Gasteiger partial charge in [-0.3, -0.25) is 4.79 Å². The number of hydrogen-bond donors (Lipinski definition) is 2. The fraction of sp³-hybridized carbons (Fsp3) is 0.158. The van der Waals surface area contributed by atoms with E-state index in [-0.39, 0.29) is 11.7 Å². The molecule has 1 aliphatic rings. The number of carbonyl (C=O) groups is 1. The van der Waals surface area contributed by atoms with Gasteiger partial charge in [0.25, 0.3) is 5.91 Å². The molecule has 3 rings (SSSR count). The van der Waals surface area contributed by atoms with Crippen molar-refractivity contribution in [3.63, 3.8) is 0 Å². The van der Waals surface area contributed by atoms with E-state index in [1.807, 2.05) is 26.0 Å². The van der Waals surface area contributed by atoms with Crippen LogP contribution in [0.4, 0.5) is 5.69 Å². The largest absolute Gasteiger partial charge is 0.504 e. The number of aryl methyl sites for hydroxylation is 1. The average Bonchev–Trinajstić information content (AvgIpc) is 2.93. The Kier molecular flexibility index (Phi) is 5.54. The van der Waals surface area contributed by atoms with Crippen molar-refractivity contribution in [2.45, 2.75) is 13.8 Å². The van der Waals surface area contributed by atoms with Gasteiger partial charge in [0.15, 0.2) is 16.7 Å². The van der Waals surface area contributed by atoms with Crippen molar-refractivity contribution in [1.82, 2.24) is 5.32 Å². The molecule has 134 valence electrons. The Morgan fingerprint density at radius 2 is 2.12 bits per heavy atom. The minimum Gasteiger partial charge on any atom is -0.504 e. The maximum atomic E-state index is 12.2. The van der Waals surface area contributed by atoms with Crippen LogP contribution in [0.2, 0.25) is 5.02 Å². The number of phenols is 1. The molecule has 0 saturated carbocycles. The number of hydrogen-bond acceptors (Lipinski definition) is 5. The van der Waals surface area contributed by atoms with Crippen LogP contribution in [-0.2, 0) is 4.79 Å². The van der Waals surface area contributed by atoms with Crippen molar-refractivity contribution in [2.24, 2.45) is 4.99 Å². The van der Waals surface area contributed by atoms with Crippen molar-refractivity contribution < 1.29 is 14.6 Å². The van der Waals surface area contributed by atoms with Gasteiger partial charge in [0.05, 0.1) is 17.2 Å². The van der Waals surface area contributed by atoms with Crippen LogP contribution in [0, 0.1) is 6.92 Å². The summed E-state index contributed by atoms with van der Waals surface area (Å²) in [5.74, 6) is 0.225. The Morgan fingerprint density at radius 1 is 1.31 bits per heavy atom. The van der Waals surface area contributed by atoms with E-state index in [0.29, 0.717) is 33.1 Å². The highest BCUT2D eigenvalue weighted by Gasteiger charge is 2.24. The molecule has 1 saturated heterocycles. The summed E-state index contributed by atoms with van der Waals surface area (Å²) in [5, 5.41) is 13.6. The number of carbonyl (C=O) groups excluding carboxylic acids is 1. The van der Waals surface area contributed by atoms with Gasteiger partial charge >= 0.3 is 0 Å². The van der Waals surface area contributed by atoms with Crippen molar-refractivity contribution >= 4 is 46.2 Å². The standard InChI is InChI=1S/C19H17ClN2O3S/c1-3-25-16-8-12(5-7-15(16)23)9-17-18(24)22-19(26-17)21-13-6-4-11(2)14(20)10-13/h4-10,23H,3H2,1-2H3,(H,21,22,24). The lowest BCUT2D eigenvalue weighted by molar-refractivity contribution is -0.115. The van der Waals surface area contributed by atoms with Crippen LogP contribution in [0.25, 0.3) is 6.08 Å². The molecule has 1 amide bonds. The first-order valence-corrected chi connectivity index (χ1v) is 9.17. The smallest absolute Gasteiger partial charge is 0.264 e. The molecule has 26 heavy (non-hydrogen) atoms. The molecule has 1 heterocycles. The minimum absolute atomic E-state index is 0.0658. The van der Waals surface area contributed by atoms with Crippen molar-refractivity contribution in [3.05, 3.63) is 57.5 Å². The van der Waals surface area contributed by atoms with Gasteiger partial charge in [-0.05, 0) is 67.1 Å². The number of benzene rings is 2. The lowest BCUT2D eigenvalue weighted by Gasteiger charge is -2.06. The molecule has 0 bridgehead atoms. The van der Waals surface area contributed by atoms with E-state index in [0.717, 1.165) is 11.1 Å². The number of ether oxygens (including phenoxy) is 1. The molecule has 2 aromatic rings. The van der Waals surface area contributed by atoms with E-state index in [9.17, 15) is 9.90 Å². The zero-order chi connectivity index (χ0) is 18.7. The second-order valence-corrected chi connectivity index (χ2v) is 7.01. The molecule has 7 heteroatoms. The number of amidine groups is 1. The number of thioether (sulfide) groups is 1. The minimum atomic E-state index is -0.224. The van der Waals surface area contributed by atoms with Gasteiger partial charge in [-0.1, -0.05) is 23.7 Å². The Labute approximate surface area is 160 Å². The molecule has 2 N–H and O–H groups in total. The normalized spacial score (nSPS) is 17.0. The van der Waals surface area contributed by atoms with Crippen LogP contribution >= 0.6 is 23.4 Å². The van der Waals surface area contributed by atoms with Gasteiger partial charge < -0.3 is 15.2 Å². The number of nitrogens with one attached hydrogen (secondary N) is 1. The molecule has 0 spiro atoms. The maximum Gasteiger partial charge on any atom is 0.264 e. The van der Waals surface area contributed by atoms with E-state index in [1.54, 1.807) is 24.3 Å². The summed E-state index contributed by atoms with van der Waals surface area (Å²) in [5.41, 5.74) is 2.40. The predicted octanol–water partition coefficient (Wildman–Crippen LogP) is 4.64. The maximum absolute atomic E-state index is 12.2. The molecular weight excluding hydrogens is 372 g/mol. The number of amides is 1. The fourth-order valence-corrected chi connectivity index (χ4v) is 3.31. The van der Waals surface area contributed by atoms with E-state index in [4.69, 9.17) is 16.3 Å². The molecule has 0 unspecified atom stereocenters. The zero-order valence-electron chi connectivity index (χ0n) is 14.2. The molecule has 0 aliphatic carbocycles. The highest BCUT2D eigenvalue weighted by Crippen LogP contribution is 2.32. The topological polar surface area (TPSA) is 70.9 Å². The van der Waals surface area contributed by atoms with E-state index >= 15 is 0 Å². The Morgan fingerprint density at radius 3 is 2.85 bits per heavy atom. The Hall–Kier alpha value is -2.44. The summed E-state index contributed by atoms with van der Waals surface area (Å²) in [6.07, 6.45) is 1.73. The van der Waals surface area contributed by atoms with E-state index in [1.165, 1.54) is 17.8 Å². The van der Waals surface area contributed by atoms with E-state index < -0.39 is 0 Å². The molecule has 0 radical (unpaired) electrons. The molecular formula is C19H17ClN2O3S. The van der Waals surface area contributed by atoms with Crippen molar-refractivity contribution in [2.75, 3.05) is 6.61 Å². The molecule has 2 aromatic carbocycles. The quantitative estimate of drug-likeness (QED) is 0.748. The first kappa shape index (κ1) is 18.4. The molecule has 5 nitrogen and oxygen atoms in total. The number of aromatic hydroxyl groups is 1. The van der Waals surface area contributed by atoms with Crippen LogP contribution in [0.15, 0.2) is 46.3 Å². The summed E-state index contributed by atoms with van der Waals surface area (Å²) in [6, 6.07) is 10.4. The SMILES string of the molecule is CCOc1cc(C=C2SC(=Nc3ccc(C)c(Cl)c3)NC2=O)ccc1O. The van der Waals surface area contributed by atoms with E-state index in [2.05, 4.69) is 10.3 Å². The highest BCUT2D eigenvalue weighted by atomic mass is 35.5. The zero-order valence-corrected chi connectivity index (χ0v) is 15.8. The number of rotatable bonds is 4. The predicted molar refractivity (Wildman–Crippen MR) is 106 cm³/mol. The number of phenolic OH excluding ortho intramolecular Hbond substituents is 1. The molecule has 0 atom stereocenters. The second-order valence-electron chi connectivity index (χ2n) is 5.58.